The molecule has 3 aromatic rings. The maximum Gasteiger partial charge on any atom is 0.204 e. The van der Waals surface area contributed by atoms with Gasteiger partial charge in [-0.2, -0.15) is 0 Å². The summed E-state index contributed by atoms with van der Waals surface area (Å²) >= 11 is 0. The zero-order valence-corrected chi connectivity index (χ0v) is 12.7. The Morgan fingerprint density at radius 1 is 1.00 bits per heavy atom. The second-order valence-corrected chi connectivity index (χ2v) is 5.05. The van der Waals surface area contributed by atoms with Gasteiger partial charge in [0, 0.05) is 0 Å². The number of methoxy groups -OCH3 is 2. The van der Waals surface area contributed by atoms with Crippen LogP contribution in [0.4, 0.5) is 0 Å². The van der Waals surface area contributed by atoms with Gasteiger partial charge in [0.25, 0.3) is 0 Å². The van der Waals surface area contributed by atoms with E-state index in [1.807, 2.05) is 43.3 Å². The number of hydrogen-bond donors (Lipinski definition) is 0. The molecule has 0 unspecified atom stereocenters. The van der Waals surface area contributed by atoms with Gasteiger partial charge in [0.1, 0.15) is 28.7 Å². The normalized spacial score (nSPS) is 10.7. The van der Waals surface area contributed by atoms with Crippen LogP contribution in [0.1, 0.15) is 5.56 Å². The lowest BCUT2D eigenvalue weighted by atomic mass is 10.0. The molecule has 2 aromatic carbocycles. The van der Waals surface area contributed by atoms with Crippen LogP contribution in [0, 0.1) is 6.92 Å². The molecular formula is C18H16O4. The third-order valence-corrected chi connectivity index (χ3v) is 3.61. The van der Waals surface area contributed by atoms with Gasteiger partial charge in [-0.05, 0) is 42.3 Å². The van der Waals surface area contributed by atoms with Crippen LogP contribution in [0.2, 0.25) is 0 Å². The summed E-state index contributed by atoms with van der Waals surface area (Å²) in [6.45, 7) is 1.93. The van der Waals surface area contributed by atoms with Gasteiger partial charge >= 0.3 is 0 Å². The number of benzene rings is 2. The van der Waals surface area contributed by atoms with Gasteiger partial charge in [-0.15, -0.1) is 0 Å². The third kappa shape index (κ3) is 2.33. The van der Waals surface area contributed by atoms with Crippen molar-refractivity contribution in [2.24, 2.45) is 0 Å². The number of fused-ring (bicyclic) bond motifs is 1. The number of aryl methyl sites for hydroxylation is 1. The van der Waals surface area contributed by atoms with E-state index in [1.54, 1.807) is 14.2 Å². The van der Waals surface area contributed by atoms with Gasteiger partial charge in [-0.25, -0.2) is 0 Å². The van der Waals surface area contributed by atoms with Gasteiger partial charge in [-0.1, -0.05) is 12.1 Å². The van der Waals surface area contributed by atoms with Gasteiger partial charge < -0.3 is 13.9 Å². The fourth-order valence-corrected chi connectivity index (χ4v) is 2.48. The first-order valence-electron chi connectivity index (χ1n) is 6.88. The van der Waals surface area contributed by atoms with E-state index in [0.717, 1.165) is 16.9 Å². The monoisotopic (exact) mass is 296 g/mol. The van der Waals surface area contributed by atoms with Gasteiger partial charge in [0.05, 0.1) is 19.8 Å². The summed E-state index contributed by atoms with van der Waals surface area (Å²) in [5.41, 5.74) is 2.67. The fourth-order valence-electron chi connectivity index (χ4n) is 2.48. The Hall–Kier alpha value is -2.75. The second kappa shape index (κ2) is 5.56. The summed E-state index contributed by atoms with van der Waals surface area (Å²) in [7, 11) is 3.15. The maximum absolute atomic E-state index is 12.8. The van der Waals surface area contributed by atoms with E-state index in [4.69, 9.17) is 13.9 Å². The largest absolute Gasteiger partial charge is 0.497 e. The van der Waals surface area contributed by atoms with Crippen LogP contribution in [0.3, 0.4) is 0 Å². The zero-order chi connectivity index (χ0) is 15.7. The predicted molar refractivity (Wildman–Crippen MR) is 85.8 cm³/mol. The quantitative estimate of drug-likeness (QED) is 0.738. The standard InChI is InChI=1S/C18H16O4/c1-11-8-15(21-3)17-16(9-11)22-10-14(18(17)19)12-4-6-13(20-2)7-5-12/h4-10H,1-3H3. The molecular weight excluding hydrogens is 280 g/mol. The molecule has 0 aliphatic carbocycles. The highest BCUT2D eigenvalue weighted by molar-refractivity contribution is 5.87. The molecule has 0 bridgehead atoms. The van der Waals surface area contributed by atoms with E-state index in [9.17, 15) is 4.79 Å². The molecule has 0 saturated heterocycles. The van der Waals surface area contributed by atoms with E-state index in [2.05, 4.69) is 0 Å². The van der Waals surface area contributed by atoms with E-state index in [-0.39, 0.29) is 5.43 Å². The van der Waals surface area contributed by atoms with Crippen LogP contribution in [0.5, 0.6) is 11.5 Å². The Kier molecular flexibility index (Phi) is 3.59. The topological polar surface area (TPSA) is 48.7 Å². The van der Waals surface area contributed by atoms with Crippen molar-refractivity contribution in [3.05, 3.63) is 58.4 Å². The second-order valence-electron chi connectivity index (χ2n) is 5.05. The summed E-state index contributed by atoms with van der Waals surface area (Å²) < 4.78 is 16.1. The van der Waals surface area contributed by atoms with Crippen molar-refractivity contribution < 1.29 is 13.9 Å². The molecule has 1 heterocycles. The Balaban J connectivity index is 2.25. The molecule has 3 rings (SSSR count). The van der Waals surface area contributed by atoms with Crippen LogP contribution in [0.25, 0.3) is 22.1 Å². The Morgan fingerprint density at radius 3 is 2.36 bits per heavy atom. The molecule has 0 aliphatic heterocycles. The molecule has 1 aromatic heterocycles. The minimum absolute atomic E-state index is 0.108. The average Bonchev–Trinajstić information content (AvgIpc) is 2.54. The van der Waals surface area contributed by atoms with Gasteiger partial charge in [-0.3, -0.25) is 4.79 Å². The summed E-state index contributed by atoms with van der Waals surface area (Å²) in [5.74, 6) is 1.27. The summed E-state index contributed by atoms with van der Waals surface area (Å²) in [6.07, 6.45) is 1.49. The van der Waals surface area contributed by atoms with Crippen molar-refractivity contribution >= 4 is 11.0 Å². The van der Waals surface area contributed by atoms with Crippen molar-refractivity contribution in [1.82, 2.24) is 0 Å². The van der Waals surface area contributed by atoms with Crippen LogP contribution < -0.4 is 14.9 Å². The molecule has 0 N–H and O–H groups in total. The lowest BCUT2D eigenvalue weighted by Crippen LogP contribution is -2.06. The molecule has 0 saturated carbocycles. The van der Waals surface area contributed by atoms with Gasteiger partial charge in [0.15, 0.2) is 0 Å². The Labute approximate surface area is 127 Å². The molecule has 4 heteroatoms. The molecule has 0 atom stereocenters. The highest BCUT2D eigenvalue weighted by Gasteiger charge is 2.14. The van der Waals surface area contributed by atoms with E-state index in [0.29, 0.717) is 22.3 Å². The number of ether oxygens (including phenoxy) is 2. The summed E-state index contributed by atoms with van der Waals surface area (Å²) in [5, 5.41) is 0.460. The lowest BCUT2D eigenvalue weighted by Gasteiger charge is -2.08. The minimum Gasteiger partial charge on any atom is -0.497 e. The smallest absolute Gasteiger partial charge is 0.204 e. The van der Waals surface area contributed by atoms with E-state index in [1.165, 1.54) is 6.26 Å². The molecule has 0 radical (unpaired) electrons. The molecule has 22 heavy (non-hydrogen) atoms. The molecule has 0 aliphatic rings. The molecule has 0 spiro atoms. The summed E-state index contributed by atoms with van der Waals surface area (Å²) in [6, 6.07) is 10.9. The molecule has 112 valence electrons. The van der Waals surface area contributed by atoms with E-state index >= 15 is 0 Å². The predicted octanol–water partition coefficient (Wildman–Crippen LogP) is 3.79. The first-order valence-corrected chi connectivity index (χ1v) is 6.88. The molecule has 0 fully saturated rings. The van der Waals surface area contributed by atoms with Crippen molar-refractivity contribution in [2.45, 2.75) is 6.92 Å². The van der Waals surface area contributed by atoms with Crippen LogP contribution in [-0.4, -0.2) is 14.2 Å². The first kappa shape index (κ1) is 14.2. The van der Waals surface area contributed by atoms with Gasteiger partial charge in [0.2, 0.25) is 5.43 Å². The third-order valence-electron chi connectivity index (χ3n) is 3.61. The molecule has 4 nitrogen and oxygen atoms in total. The van der Waals surface area contributed by atoms with Crippen molar-refractivity contribution in [3.8, 4) is 22.6 Å². The first-order chi connectivity index (χ1) is 10.6. The van der Waals surface area contributed by atoms with Crippen molar-refractivity contribution in [2.75, 3.05) is 14.2 Å². The SMILES string of the molecule is COc1ccc(-c2coc3cc(C)cc(OC)c3c2=O)cc1. The maximum atomic E-state index is 12.8. The van der Waals surface area contributed by atoms with Crippen LogP contribution >= 0.6 is 0 Å². The van der Waals surface area contributed by atoms with E-state index < -0.39 is 0 Å². The summed E-state index contributed by atoms with van der Waals surface area (Å²) in [4.78, 5) is 12.8. The highest BCUT2D eigenvalue weighted by Crippen LogP contribution is 2.28. The average molecular weight is 296 g/mol. The zero-order valence-electron chi connectivity index (χ0n) is 12.7. The highest BCUT2D eigenvalue weighted by atomic mass is 16.5. The fraction of sp³-hybridized carbons (Fsp3) is 0.167. The van der Waals surface area contributed by atoms with Crippen molar-refractivity contribution in [3.63, 3.8) is 0 Å². The van der Waals surface area contributed by atoms with Crippen LogP contribution in [-0.2, 0) is 0 Å². The number of rotatable bonds is 3. The van der Waals surface area contributed by atoms with Crippen LogP contribution in [0.15, 0.2) is 51.9 Å². The minimum atomic E-state index is -0.108. The van der Waals surface area contributed by atoms with Crippen molar-refractivity contribution in [1.29, 1.82) is 0 Å². The Morgan fingerprint density at radius 2 is 1.73 bits per heavy atom. The molecule has 0 amide bonds. The Bertz CT molecular complexity index is 876. The number of hydrogen-bond acceptors (Lipinski definition) is 4. The lowest BCUT2D eigenvalue weighted by molar-refractivity contribution is 0.415.